The van der Waals surface area contributed by atoms with E-state index >= 15 is 0 Å². The zero-order chi connectivity index (χ0) is 13.9. The van der Waals surface area contributed by atoms with Gasteiger partial charge in [-0.1, -0.05) is 37.3 Å². The summed E-state index contributed by atoms with van der Waals surface area (Å²) >= 11 is 0. The molecule has 0 radical (unpaired) electrons. The average Bonchev–Trinajstić information content (AvgIpc) is 3.30. The highest BCUT2D eigenvalue weighted by molar-refractivity contribution is 5.96. The van der Waals surface area contributed by atoms with Gasteiger partial charge in [0.1, 0.15) is 0 Å². The monoisotopic (exact) mass is 268 g/mol. The molecule has 0 saturated heterocycles. The van der Waals surface area contributed by atoms with Gasteiger partial charge in [-0.2, -0.15) is 0 Å². The Morgan fingerprint density at radius 3 is 2.50 bits per heavy atom. The molecule has 2 heteroatoms. The summed E-state index contributed by atoms with van der Waals surface area (Å²) in [6, 6.07) is 13.1. The Morgan fingerprint density at radius 2 is 1.85 bits per heavy atom. The predicted molar refractivity (Wildman–Crippen MR) is 87.1 cm³/mol. The maximum Gasteiger partial charge on any atom is 0.0446 e. The molecule has 2 nitrogen and oxygen atoms in total. The maximum atomic E-state index is 5.88. The standard InChI is InChI=1S/C18H24N2/c1-2-11-20(13-14-7-8-14)18-10-9-15(12-19)16-5-3-4-6-17(16)18/h3-6,9-10,14H,2,7-8,11-13,19H2,1H3. The lowest BCUT2D eigenvalue weighted by Gasteiger charge is -2.26. The molecule has 20 heavy (non-hydrogen) atoms. The van der Waals surface area contributed by atoms with Gasteiger partial charge in [0.2, 0.25) is 0 Å². The molecule has 0 amide bonds. The third-order valence-corrected chi connectivity index (χ3v) is 4.22. The fourth-order valence-corrected chi connectivity index (χ4v) is 2.99. The van der Waals surface area contributed by atoms with Crippen molar-refractivity contribution in [2.24, 2.45) is 11.7 Å². The normalized spacial score (nSPS) is 14.7. The molecule has 0 spiro atoms. The number of rotatable bonds is 6. The van der Waals surface area contributed by atoms with Crippen molar-refractivity contribution in [1.82, 2.24) is 0 Å². The van der Waals surface area contributed by atoms with Crippen molar-refractivity contribution in [3.8, 4) is 0 Å². The molecule has 0 aromatic heterocycles. The zero-order valence-corrected chi connectivity index (χ0v) is 12.3. The van der Waals surface area contributed by atoms with Crippen LogP contribution in [0.4, 0.5) is 5.69 Å². The van der Waals surface area contributed by atoms with Crippen LogP contribution in [0, 0.1) is 5.92 Å². The largest absolute Gasteiger partial charge is 0.371 e. The van der Waals surface area contributed by atoms with Gasteiger partial charge < -0.3 is 10.6 Å². The highest BCUT2D eigenvalue weighted by atomic mass is 15.1. The first-order chi connectivity index (χ1) is 9.83. The Balaban J connectivity index is 2.04. The maximum absolute atomic E-state index is 5.88. The molecule has 0 heterocycles. The minimum atomic E-state index is 0.608. The first kappa shape index (κ1) is 13.4. The Morgan fingerprint density at radius 1 is 1.10 bits per heavy atom. The van der Waals surface area contributed by atoms with Crippen LogP contribution in [0.3, 0.4) is 0 Å². The van der Waals surface area contributed by atoms with E-state index in [2.05, 4.69) is 48.2 Å². The van der Waals surface area contributed by atoms with Gasteiger partial charge in [0.05, 0.1) is 0 Å². The first-order valence-electron chi connectivity index (χ1n) is 7.79. The number of hydrogen-bond donors (Lipinski definition) is 1. The molecule has 2 aromatic rings. The van der Waals surface area contributed by atoms with Gasteiger partial charge in [-0.15, -0.1) is 0 Å². The third-order valence-electron chi connectivity index (χ3n) is 4.22. The second-order valence-electron chi connectivity index (χ2n) is 5.88. The lowest BCUT2D eigenvalue weighted by molar-refractivity contribution is 0.710. The summed E-state index contributed by atoms with van der Waals surface area (Å²) in [4.78, 5) is 2.57. The SMILES string of the molecule is CCCN(CC1CC1)c1ccc(CN)c2ccccc12. The summed E-state index contributed by atoms with van der Waals surface area (Å²) in [6.45, 7) is 5.22. The van der Waals surface area contributed by atoms with Gasteiger partial charge in [-0.05, 0) is 42.2 Å². The average molecular weight is 268 g/mol. The van der Waals surface area contributed by atoms with Gasteiger partial charge >= 0.3 is 0 Å². The van der Waals surface area contributed by atoms with Gasteiger partial charge in [0.15, 0.2) is 0 Å². The highest BCUT2D eigenvalue weighted by Gasteiger charge is 2.24. The van der Waals surface area contributed by atoms with Crippen LogP contribution in [0.25, 0.3) is 10.8 Å². The Kier molecular flexibility index (Phi) is 3.93. The van der Waals surface area contributed by atoms with Crippen molar-refractivity contribution in [3.63, 3.8) is 0 Å². The van der Waals surface area contributed by atoms with E-state index in [0.29, 0.717) is 6.54 Å². The number of nitrogens with zero attached hydrogens (tertiary/aromatic N) is 1. The number of nitrogens with two attached hydrogens (primary N) is 1. The first-order valence-corrected chi connectivity index (χ1v) is 7.79. The molecule has 2 N–H and O–H groups in total. The molecule has 1 aliphatic rings. The summed E-state index contributed by atoms with van der Waals surface area (Å²) in [5.74, 6) is 0.912. The molecule has 0 aliphatic heterocycles. The van der Waals surface area contributed by atoms with Gasteiger partial charge in [-0.3, -0.25) is 0 Å². The van der Waals surface area contributed by atoms with Crippen LogP contribution in [0.15, 0.2) is 36.4 Å². The van der Waals surface area contributed by atoms with Crippen LogP contribution in [-0.4, -0.2) is 13.1 Å². The molecular formula is C18H24N2. The molecule has 0 bridgehead atoms. The van der Waals surface area contributed by atoms with Crippen LogP contribution in [-0.2, 0) is 6.54 Å². The van der Waals surface area contributed by atoms with E-state index < -0.39 is 0 Å². The molecule has 0 atom stereocenters. The van der Waals surface area contributed by atoms with Crippen LogP contribution in [0.1, 0.15) is 31.7 Å². The second-order valence-corrected chi connectivity index (χ2v) is 5.88. The molecule has 3 rings (SSSR count). The topological polar surface area (TPSA) is 29.3 Å². The summed E-state index contributed by atoms with van der Waals surface area (Å²) in [5, 5.41) is 2.66. The molecule has 2 aromatic carbocycles. The molecule has 0 unspecified atom stereocenters. The van der Waals surface area contributed by atoms with E-state index in [1.807, 2.05) is 0 Å². The van der Waals surface area contributed by atoms with E-state index in [4.69, 9.17) is 5.73 Å². The van der Waals surface area contributed by atoms with Gasteiger partial charge in [0, 0.05) is 30.7 Å². The lowest BCUT2D eigenvalue weighted by atomic mass is 10.0. The van der Waals surface area contributed by atoms with Crippen LogP contribution in [0.2, 0.25) is 0 Å². The fourth-order valence-electron chi connectivity index (χ4n) is 2.99. The van der Waals surface area contributed by atoms with Crippen molar-refractivity contribution < 1.29 is 0 Å². The fraction of sp³-hybridized carbons (Fsp3) is 0.444. The minimum absolute atomic E-state index is 0.608. The highest BCUT2D eigenvalue weighted by Crippen LogP contribution is 2.35. The number of benzene rings is 2. The number of hydrogen-bond acceptors (Lipinski definition) is 2. The van der Waals surface area contributed by atoms with E-state index in [0.717, 1.165) is 12.5 Å². The summed E-state index contributed by atoms with van der Waals surface area (Å²) < 4.78 is 0. The lowest BCUT2D eigenvalue weighted by Crippen LogP contribution is -2.26. The Bertz CT molecular complexity index is 587. The summed E-state index contributed by atoms with van der Waals surface area (Å²) in [5.41, 5.74) is 8.50. The molecule has 1 fully saturated rings. The van der Waals surface area contributed by atoms with Crippen LogP contribution in [0.5, 0.6) is 0 Å². The zero-order valence-electron chi connectivity index (χ0n) is 12.3. The van der Waals surface area contributed by atoms with Crippen molar-refractivity contribution in [1.29, 1.82) is 0 Å². The van der Waals surface area contributed by atoms with Crippen molar-refractivity contribution in [3.05, 3.63) is 42.0 Å². The summed E-state index contributed by atoms with van der Waals surface area (Å²) in [7, 11) is 0. The Hall–Kier alpha value is -1.54. The summed E-state index contributed by atoms with van der Waals surface area (Å²) in [6.07, 6.45) is 4.00. The number of anilines is 1. The number of fused-ring (bicyclic) bond motifs is 1. The predicted octanol–water partition coefficient (Wildman–Crippen LogP) is 3.92. The van der Waals surface area contributed by atoms with Crippen molar-refractivity contribution >= 4 is 16.5 Å². The minimum Gasteiger partial charge on any atom is -0.371 e. The third kappa shape index (κ3) is 2.66. The van der Waals surface area contributed by atoms with Crippen molar-refractivity contribution in [2.75, 3.05) is 18.0 Å². The van der Waals surface area contributed by atoms with E-state index in [9.17, 15) is 0 Å². The van der Waals surface area contributed by atoms with E-state index in [1.54, 1.807) is 0 Å². The molecule has 1 aliphatic carbocycles. The molecule has 106 valence electrons. The van der Waals surface area contributed by atoms with Crippen LogP contribution >= 0.6 is 0 Å². The van der Waals surface area contributed by atoms with E-state index in [-0.39, 0.29) is 0 Å². The molecule has 1 saturated carbocycles. The smallest absolute Gasteiger partial charge is 0.0446 e. The van der Waals surface area contributed by atoms with Gasteiger partial charge in [0.25, 0.3) is 0 Å². The van der Waals surface area contributed by atoms with Crippen molar-refractivity contribution in [2.45, 2.75) is 32.7 Å². The van der Waals surface area contributed by atoms with Gasteiger partial charge in [-0.25, -0.2) is 0 Å². The van der Waals surface area contributed by atoms with E-state index in [1.165, 1.54) is 47.8 Å². The second kappa shape index (κ2) is 5.84. The molecular weight excluding hydrogens is 244 g/mol. The quantitative estimate of drug-likeness (QED) is 0.860. The Labute approximate surface area is 121 Å². The van der Waals surface area contributed by atoms with Crippen LogP contribution < -0.4 is 10.6 Å².